The standard InChI is InChI=1S/C23H31ClN4O3S/c1-15(2)9-10-25-20(29)11-17-14-32-23(26-17)27-21(30)13-28(12-16(3)4)22(31)18-7-5-6-8-19(18)24/h5-8,14-16H,9-13H2,1-4H3,(H,25,29)(H,26,27,30). The minimum atomic E-state index is -0.353. The second kappa shape index (κ2) is 12.6. The van der Waals surface area contributed by atoms with Crippen LogP contribution in [0.25, 0.3) is 0 Å². The van der Waals surface area contributed by atoms with Gasteiger partial charge in [0.1, 0.15) is 6.54 Å². The van der Waals surface area contributed by atoms with Gasteiger partial charge in [-0.1, -0.05) is 51.4 Å². The Morgan fingerprint density at radius 1 is 1.09 bits per heavy atom. The lowest BCUT2D eigenvalue weighted by molar-refractivity contribution is -0.120. The summed E-state index contributed by atoms with van der Waals surface area (Å²) in [5, 5.41) is 8.10. The van der Waals surface area contributed by atoms with E-state index < -0.39 is 0 Å². The summed E-state index contributed by atoms with van der Waals surface area (Å²) in [4.78, 5) is 43.4. The maximum Gasteiger partial charge on any atom is 0.255 e. The first-order valence-electron chi connectivity index (χ1n) is 10.7. The van der Waals surface area contributed by atoms with E-state index in [0.717, 1.165) is 6.42 Å². The molecule has 7 nitrogen and oxygen atoms in total. The molecule has 0 bridgehead atoms. The second-order valence-corrected chi connectivity index (χ2v) is 9.73. The smallest absolute Gasteiger partial charge is 0.255 e. The minimum Gasteiger partial charge on any atom is -0.356 e. The predicted molar refractivity (Wildman–Crippen MR) is 129 cm³/mol. The van der Waals surface area contributed by atoms with Crippen molar-refractivity contribution in [1.82, 2.24) is 15.2 Å². The molecule has 2 aromatic rings. The minimum absolute atomic E-state index is 0.0951. The number of aromatic nitrogens is 1. The van der Waals surface area contributed by atoms with Crippen LogP contribution < -0.4 is 10.6 Å². The van der Waals surface area contributed by atoms with Gasteiger partial charge in [0.05, 0.1) is 22.7 Å². The van der Waals surface area contributed by atoms with Crippen LogP contribution in [0.1, 0.15) is 50.2 Å². The van der Waals surface area contributed by atoms with E-state index in [-0.39, 0.29) is 36.6 Å². The van der Waals surface area contributed by atoms with Crippen LogP contribution in [0.3, 0.4) is 0 Å². The van der Waals surface area contributed by atoms with E-state index in [4.69, 9.17) is 11.6 Å². The highest BCUT2D eigenvalue weighted by molar-refractivity contribution is 7.13. The van der Waals surface area contributed by atoms with Gasteiger partial charge in [0, 0.05) is 18.5 Å². The Labute approximate surface area is 198 Å². The second-order valence-electron chi connectivity index (χ2n) is 8.46. The van der Waals surface area contributed by atoms with E-state index >= 15 is 0 Å². The van der Waals surface area contributed by atoms with E-state index in [1.54, 1.807) is 29.6 Å². The molecule has 1 heterocycles. The number of halogens is 1. The first kappa shape index (κ1) is 25.8. The molecule has 1 aromatic carbocycles. The number of nitrogens with zero attached hydrogens (tertiary/aromatic N) is 2. The number of carbonyl (C=O) groups excluding carboxylic acids is 3. The molecule has 0 unspecified atom stereocenters. The number of amides is 3. The van der Waals surface area contributed by atoms with Crippen molar-refractivity contribution in [2.75, 3.05) is 25.0 Å². The molecular formula is C23H31ClN4O3S. The fourth-order valence-corrected chi connectivity index (χ4v) is 3.91. The number of rotatable bonds is 11. The van der Waals surface area contributed by atoms with Crippen molar-refractivity contribution in [3.63, 3.8) is 0 Å². The monoisotopic (exact) mass is 478 g/mol. The molecule has 3 amide bonds. The van der Waals surface area contributed by atoms with Gasteiger partial charge in [-0.15, -0.1) is 11.3 Å². The van der Waals surface area contributed by atoms with Crippen molar-refractivity contribution in [3.8, 4) is 0 Å². The van der Waals surface area contributed by atoms with Gasteiger partial charge in [-0.3, -0.25) is 14.4 Å². The molecule has 0 aliphatic carbocycles. The van der Waals surface area contributed by atoms with Crippen LogP contribution in [-0.4, -0.2) is 47.2 Å². The summed E-state index contributed by atoms with van der Waals surface area (Å²) in [6, 6.07) is 6.79. The van der Waals surface area contributed by atoms with E-state index in [1.807, 2.05) is 13.8 Å². The molecule has 0 atom stereocenters. The van der Waals surface area contributed by atoms with Crippen molar-refractivity contribution in [1.29, 1.82) is 0 Å². The molecule has 0 spiro atoms. The molecule has 2 rings (SSSR count). The van der Waals surface area contributed by atoms with Crippen molar-refractivity contribution in [2.24, 2.45) is 11.8 Å². The topological polar surface area (TPSA) is 91.4 Å². The van der Waals surface area contributed by atoms with Gasteiger partial charge in [0.25, 0.3) is 5.91 Å². The van der Waals surface area contributed by atoms with Crippen LogP contribution in [0.5, 0.6) is 0 Å². The van der Waals surface area contributed by atoms with Gasteiger partial charge in [0.15, 0.2) is 5.13 Å². The summed E-state index contributed by atoms with van der Waals surface area (Å²) in [5.74, 6) is -0.0423. The Balaban J connectivity index is 1.95. The van der Waals surface area contributed by atoms with Gasteiger partial charge in [0.2, 0.25) is 11.8 Å². The third-order valence-corrected chi connectivity index (χ3v) is 5.63. The largest absolute Gasteiger partial charge is 0.356 e. The van der Waals surface area contributed by atoms with Gasteiger partial charge >= 0.3 is 0 Å². The summed E-state index contributed by atoms with van der Waals surface area (Å²) in [6.07, 6.45) is 1.08. The lowest BCUT2D eigenvalue weighted by Gasteiger charge is -2.24. The summed E-state index contributed by atoms with van der Waals surface area (Å²) in [7, 11) is 0. The molecule has 32 heavy (non-hydrogen) atoms. The van der Waals surface area contributed by atoms with Crippen LogP contribution >= 0.6 is 22.9 Å². The summed E-state index contributed by atoms with van der Waals surface area (Å²) >= 11 is 7.42. The van der Waals surface area contributed by atoms with Gasteiger partial charge < -0.3 is 15.5 Å². The maximum atomic E-state index is 12.9. The highest BCUT2D eigenvalue weighted by atomic mass is 35.5. The van der Waals surface area contributed by atoms with Crippen molar-refractivity contribution in [2.45, 2.75) is 40.5 Å². The Kier molecular flexibility index (Phi) is 10.1. The lowest BCUT2D eigenvalue weighted by atomic mass is 10.1. The lowest BCUT2D eigenvalue weighted by Crippen LogP contribution is -2.40. The van der Waals surface area contributed by atoms with E-state index in [2.05, 4.69) is 29.5 Å². The predicted octanol–water partition coefficient (Wildman–Crippen LogP) is 4.24. The summed E-state index contributed by atoms with van der Waals surface area (Å²) < 4.78 is 0. The molecule has 0 aliphatic heterocycles. The number of nitrogens with one attached hydrogen (secondary N) is 2. The molecule has 0 saturated carbocycles. The van der Waals surface area contributed by atoms with E-state index in [9.17, 15) is 14.4 Å². The first-order chi connectivity index (χ1) is 15.2. The van der Waals surface area contributed by atoms with Gasteiger partial charge in [-0.05, 0) is 30.4 Å². The molecule has 9 heteroatoms. The van der Waals surface area contributed by atoms with Crippen molar-refractivity contribution < 1.29 is 14.4 Å². The number of carbonyl (C=O) groups is 3. The van der Waals surface area contributed by atoms with E-state index in [1.165, 1.54) is 16.2 Å². The Hall–Kier alpha value is -2.45. The van der Waals surface area contributed by atoms with Crippen LogP contribution in [0.15, 0.2) is 29.6 Å². The molecule has 1 aromatic heterocycles. The fourth-order valence-electron chi connectivity index (χ4n) is 2.97. The summed E-state index contributed by atoms with van der Waals surface area (Å²) in [6.45, 7) is 9.09. The SMILES string of the molecule is CC(C)CCNC(=O)Cc1csc(NC(=O)CN(CC(C)C)C(=O)c2ccccc2Cl)n1. The van der Waals surface area contributed by atoms with Crippen LogP contribution in [0.2, 0.25) is 5.02 Å². The Morgan fingerprint density at radius 2 is 1.81 bits per heavy atom. The van der Waals surface area contributed by atoms with Gasteiger partial charge in [-0.25, -0.2) is 4.98 Å². The quantitative estimate of drug-likeness (QED) is 0.505. The number of hydrogen-bond donors (Lipinski definition) is 2. The molecule has 0 saturated heterocycles. The third kappa shape index (κ3) is 8.59. The van der Waals surface area contributed by atoms with Crippen LogP contribution in [0, 0.1) is 11.8 Å². The average Bonchev–Trinajstić information content (AvgIpc) is 3.13. The number of anilines is 1. The number of thiazole rings is 1. The van der Waals surface area contributed by atoms with Crippen LogP contribution in [-0.2, 0) is 16.0 Å². The molecule has 0 radical (unpaired) electrons. The van der Waals surface area contributed by atoms with Gasteiger partial charge in [-0.2, -0.15) is 0 Å². The molecule has 2 N–H and O–H groups in total. The first-order valence-corrected chi connectivity index (χ1v) is 12.0. The zero-order valence-electron chi connectivity index (χ0n) is 19.0. The van der Waals surface area contributed by atoms with Crippen molar-refractivity contribution >= 4 is 45.8 Å². The molecule has 174 valence electrons. The molecule has 0 aliphatic rings. The third-order valence-electron chi connectivity index (χ3n) is 4.50. The fraction of sp³-hybridized carbons (Fsp3) is 0.478. The molecular weight excluding hydrogens is 448 g/mol. The van der Waals surface area contributed by atoms with Crippen LogP contribution in [0.4, 0.5) is 5.13 Å². The zero-order valence-corrected chi connectivity index (χ0v) is 20.6. The maximum absolute atomic E-state index is 12.9. The highest BCUT2D eigenvalue weighted by Gasteiger charge is 2.22. The Bertz CT molecular complexity index is 929. The number of hydrogen-bond acceptors (Lipinski definition) is 5. The number of benzene rings is 1. The summed E-state index contributed by atoms with van der Waals surface area (Å²) in [5.41, 5.74) is 0.959. The average molecular weight is 479 g/mol. The normalized spacial score (nSPS) is 11.0. The highest BCUT2D eigenvalue weighted by Crippen LogP contribution is 2.19. The Morgan fingerprint density at radius 3 is 2.47 bits per heavy atom. The van der Waals surface area contributed by atoms with Crippen molar-refractivity contribution in [3.05, 3.63) is 45.9 Å². The zero-order chi connectivity index (χ0) is 23.7. The van der Waals surface area contributed by atoms with E-state index in [0.29, 0.717) is 40.4 Å². The molecule has 0 fully saturated rings.